The van der Waals surface area contributed by atoms with Gasteiger partial charge in [-0.25, -0.2) is 0 Å². The maximum atomic E-state index is 11.9. The van der Waals surface area contributed by atoms with Crippen LogP contribution >= 0.6 is 46.7 Å². The quantitative estimate of drug-likeness (QED) is 0.195. The smallest absolute Gasteiger partial charge is 0.316 e. The summed E-state index contributed by atoms with van der Waals surface area (Å²) in [6.45, 7) is 1.43. The van der Waals surface area contributed by atoms with Crippen LogP contribution in [0, 0.1) is 5.92 Å². The van der Waals surface area contributed by atoms with Crippen molar-refractivity contribution in [2.75, 3.05) is 7.11 Å². The van der Waals surface area contributed by atoms with Gasteiger partial charge in [0.15, 0.2) is 0 Å². The summed E-state index contributed by atoms with van der Waals surface area (Å²) >= 11 is 15.3. The summed E-state index contributed by atoms with van der Waals surface area (Å²) in [6.07, 6.45) is 1.10. The second-order valence-electron chi connectivity index (χ2n) is 5.84. The predicted molar refractivity (Wildman–Crippen MR) is 114 cm³/mol. The van der Waals surface area contributed by atoms with Crippen molar-refractivity contribution >= 4 is 58.5 Å². The minimum Gasteiger partial charge on any atom is -0.468 e. The first kappa shape index (κ1) is 22.2. The first-order chi connectivity index (χ1) is 12.9. The third-order valence-electron chi connectivity index (χ3n) is 3.83. The number of hydrogen-bond acceptors (Lipinski definition) is 5. The zero-order valence-corrected chi connectivity index (χ0v) is 18.1. The molecule has 1 unspecified atom stereocenters. The van der Waals surface area contributed by atoms with Crippen LogP contribution in [0.2, 0.25) is 10.0 Å². The lowest BCUT2D eigenvalue weighted by atomic mass is 10.00. The van der Waals surface area contributed by atoms with Crippen molar-refractivity contribution in [1.82, 2.24) is 0 Å². The topological polar surface area (TPSA) is 43.4 Å². The molecule has 0 radical (unpaired) electrons. The predicted octanol–water partition coefficient (Wildman–Crippen LogP) is 6.36. The number of rotatable bonds is 9. The number of esters is 1. The Morgan fingerprint density at radius 2 is 1.33 bits per heavy atom. The lowest BCUT2D eigenvalue weighted by molar-refractivity contribution is -0.149. The van der Waals surface area contributed by atoms with Crippen LogP contribution < -0.4 is 0 Å². The third-order valence-corrected chi connectivity index (χ3v) is 7.00. The van der Waals surface area contributed by atoms with Gasteiger partial charge in [-0.1, -0.05) is 23.2 Å². The second kappa shape index (κ2) is 11.0. The zero-order chi connectivity index (χ0) is 19.8. The Labute approximate surface area is 178 Å². The van der Waals surface area contributed by atoms with Crippen LogP contribution in [0.25, 0.3) is 0 Å². The molecule has 0 aromatic heterocycles. The molecule has 2 aromatic rings. The van der Waals surface area contributed by atoms with Gasteiger partial charge >= 0.3 is 5.97 Å². The molecule has 1 atom stereocenters. The van der Waals surface area contributed by atoms with Crippen molar-refractivity contribution < 1.29 is 14.3 Å². The van der Waals surface area contributed by atoms with Crippen LogP contribution in [0.15, 0.2) is 58.3 Å². The largest absolute Gasteiger partial charge is 0.468 e. The summed E-state index contributed by atoms with van der Waals surface area (Å²) in [5.41, 5.74) is 0. The van der Waals surface area contributed by atoms with Gasteiger partial charge in [-0.2, -0.15) is 0 Å². The van der Waals surface area contributed by atoms with E-state index in [-0.39, 0.29) is 10.4 Å². The van der Waals surface area contributed by atoms with E-state index in [2.05, 4.69) is 0 Å². The highest BCUT2D eigenvalue weighted by atomic mass is 35.5. The van der Waals surface area contributed by atoms with Crippen LogP contribution in [-0.4, -0.2) is 23.4 Å². The highest BCUT2D eigenvalue weighted by molar-refractivity contribution is 8.17. The number of ketones is 1. The van der Waals surface area contributed by atoms with Crippen molar-refractivity contribution in [3.8, 4) is 0 Å². The van der Waals surface area contributed by atoms with Crippen molar-refractivity contribution in [3.05, 3.63) is 58.6 Å². The average Bonchev–Trinajstić information content (AvgIpc) is 2.65. The SMILES string of the molecule is COC(=O)C(CCC(Sc1ccc(Cl)cc1)Sc1ccc(Cl)cc1)C(C)=O. The van der Waals surface area contributed by atoms with Gasteiger partial charge in [-0.05, 0) is 68.3 Å². The van der Waals surface area contributed by atoms with E-state index in [9.17, 15) is 9.59 Å². The molecule has 0 spiro atoms. The Hall–Kier alpha value is -1.14. The van der Waals surface area contributed by atoms with Crippen molar-refractivity contribution in [3.63, 3.8) is 0 Å². The number of benzene rings is 2. The average molecular weight is 443 g/mol. The fourth-order valence-corrected chi connectivity index (χ4v) is 5.22. The maximum absolute atomic E-state index is 11.9. The molecule has 0 amide bonds. The lowest BCUT2D eigenvalue weighted by Crippen LogP contribution is -2.24. The van der Waals surface area contributed by atoms with Gasteiger partial charge < -0.3 is 4.74 Å². The van der Waals surface area contributed by atoms with E-state index < -0.39 is 11.9 Å². The molecule has 0 aliphatic carbocycles. The van der Waals surface area contributed by atoms with Crippen molar-refractivity contribution in [1.29, 1.82) is 0 Å². The van der Waals surface area contributed by atoms with Gasteiger partial charge in [0.1, 0.15) is 11.7 Å². The molecule has 0 bridgehead atoms. The van der Waals surface area contributed by atoms with Gasteiger partial charge in [0.05, 0.1) is 11.7 Å². The van der Waals surface area contributed by atoms with E-state index in [1.165, 1.54) is 14.0 Å². The molecular formula is C20H20Cl2O3S2. The van der Waals surface area contributed by atoms with E-state index in [1.807, 2.05) is 48.5 Å². The van der Waals surface area contributed by atoms with Crippen LogP contribution in [0.4, 0.5) is 0 Å². The molecule has 0 N–H and O–H groups in total. The van der Waals surface area contributed by atoms with Crippen molar-refractivity contribution in [2.45, 2.75) is 34.1 Å². The zero-order valence-electron chi connectivity index (χ0n) is 15.0. The molecule has 0 fully saturated rings. The fraction of sp³-hybridized carbons (Fsp3) is 0.300. The summed E-state index contributed by atoms with van der Waals surface area (Å²) < 4.78 is 4.88. The molecule has 0 aliphatic rings. The number of halogens is 2. The van der Waals surface area contributed by atoms with Crippen molar-refractivity contribution in [2.24, 2.45) is 5.92 Å². The van der Waals surface area contributed by atoms with Crippen LogP contribution in [-0.2, 0) is 14.3 Å². The van der Waals surface area contributed by atoms with E-state index in [0.717, 1.165) is 9.79 Å². The molecule has 0 aliphatic heterocycles. The van der Waals surface area contributed by atoms with E-state index in [1.54, 1.807) is 23.5 Å². The summed E-state index contributed by atoms with van der Waals surface area (Å²) in [6, 6.07) is 15.2. The van der Waals surface area contributed by atoms with Gasteiger partial charge in [-0.3, -0.25) is 9.59 Å². The number of carbonyl (C=O) groups excluding carboxylic acids is 2. The lowest BCUT2D eigenvalue weighted by Gasteiger charge is -2.19. The van der Waals surface area contributed by atoms with E-state index in [4.69, 9.17) is 27.9 Å². The number of hydrogen-bond donors (Lipinski definition) is 0. The molecule has 144 valence electrons. The standard InChI is InChI=1S/C20H20Cl2O3S2/c1-13(23)18(20(24)25-2)11-12-19(26-16-7-3-14(21)4-8-16)27-17-9-5-15(22)6-10-17/h3-10,18-19H,11-12H2,1-2H3. The second-order valence-corrected chi connectivity index (χ2v) is 9.56. The van der Waals surface area contributed by atoms with Gasteiger partial charge in [0, 0.05) is 19.8 Å². The number of ether oxygens (including phenoxy) is 1. The molecule has 2 rings (SSSR count). The van der Waals surface area contributed by atoms with Gasteiger partial charge in [-0.15, -0.1) is 23.5 Å². The minimum absolute atomic E-state index is 0.110. The van der Waals surface area contributed by atoms with Gasteiger partial charge in [0.25, 0.3) is 0 Å². The molecule has 27 heavy (non-hydrogen) atoms. The Balaban J connectivity index is 2.12. The highest BCUT2D eigenvalue weighted by Crippen LogP contribution is 2.39. The van der Waals surface area contributed by atoms with Crippen LogP contribution in [0.1, 0.15) is 19.8 Å². The Kier molecular flexibility index (Phi) is 9.03. The van der Waals surface area contributed by atoms with Crippen LogP contribution in [0.5, 0.6) is 0 Å². The summed E-state index contributed by atoms with van der Waals surface area (Å²) in [4.78, 5) is 25.8. The summed E-state index contributed by atoms with van der Waals surface area (Å²) in [5, 5.41) is 1.37. The summed E-state index contributed by atoms with van der Waals surface area (Å²) in [5.74, 6) is -1.38. The Bertz CT molecular complexity index is 716. The van der Waals surface area contributed by atoms with E-state index >= 15 is 0 Å². The number of carbonyl (C=O) groups is 2. The first-order valence-electron chi connectivity index (χ1n) is 8.31. The first-order valence-corrected chi connectivity index (χ1v) is 10.8. The molecule has 0 heterocycles. The number of Topliss-reactive ketones (excluding diaryl/α,β-unsaturated/α-hetero) is 1. The Morgan fingerprint density at radius 3 is 1.70 bits per heavy atom. The molecule has 0 saturated heterocycles. The number of thioether (sulfide) groups is 2. The molecular weight excluding hydrogens is 423 g/mol. The minimum atomic E-state index is -0.728. The molecule has 7 heteroatoms. The van der Waals surface area contributed by atoms with E-state index in [0.29, 0.717) is 22.9 Å². The van der Waals surface area contributed by atoms with Crippen LogP contribution in [0.3, 0.4) is 0 Å². The highest BCUT2D eigenvalue weighted by Gasteiger charge is 2.26. The molecule has 3 nitrogen and oxygen atoms in total. The monoisotopic (exact) mass is 442 g/mol. The van der Waals surface area contributed by atoms with Gasteiger partial charge in [0.2, 0.25) is 0 Å². The maximum Gasteiger partial charge on any atom is 0.316 e. The fourth-order valence-electron chi connectivity index (χ4n) is 2.40. The Morgan fingerprint density at radius 1 is 0.889 bits per heavy atom. The molecule has 0 saturated carbocycles. The third kappa shape index (κ3) is 7.41. The molecule has 2 aromatic carbocycles. The normalized spacial score (nSPS) is 12.0. The number of methoxy groups -OCH3 is 1. The summed E-state index contributed by atoms with van der Waals surface area (Å²) in [7, 11) is 1.31.